The maximum atomic E-state index is 13.9. The average Bonchev–Trinajstić information content (AvgIpc) is 3.36. The average molecular weight is 539 g/mol. The van der Waals surface area contributed by atoms with Crippen LogP contribution in [0.3, 0.4) is 0 Å². The molecule has 3 aromatic rings. The molecule has 1 aliphatic carbocycles. The Balaban J connectivity index is 1.96. The predicted octanol–water partition coefficient (Wildman–Crippen LogP) is 7.59. The Hall–Kier alpha value is -3.56. The molecule has 2 N–H and O–H groups in total. The number of rotatable bonds is 6. The molecule has 0 bridgehead atoms. The summed E-state index contributed by atoms with van der Waals surface area (Å²) < 4.78 is 96.8. The number of halogens is 7. The molecule has 1 saturated carbocycles. The monoisotopic (exact) mass is 538 g/mol. The van der Waals surface area contributed by atoms with Gasteiger partial charge >= 0.3 is 18.4 Å². The standard InChI is InChI=1S/C28H25F7N2O/c29-23-12-10-19(11-13-23)26(17-18-6-2-1-3-7-18,37-25(38)36-24-8-4-5-9-24)20-14-21(27(30,31)32)16-22(15-20)28(33,34)35/h1-3,6-7,10-16,24H,4-5,8-9,17H2,(H2,36,37,38)/t26-/m1/s1. The highest BCUT2D eigenvalue weighted by Crippen LogP contribution is 2.41. The van der Waals surface area contributed by atoms with E-state index in [4.69, 9.17) is 0 Å². The van der Waals surface area contributed by atoms with Crippen LogP contribution in [0.4, 0.5) is 35.5 Å². The van der Waals surface area contributed by atoms with Crippen molar-refractivity contribution >= 4 is 6.03 Å². The molecule has 1 fully saturated rings. The molecule has 0 aliphatic heterocycles. The van der Waals surface area contributed by atoms with Crippen LogP contribution < -0.4 is 10.6 Å². The first kappa shape index (κ1) is 27.5. The molecular formula is C28H25F7N2O. The van der Waals surface area contributed by atoms with Crippen LogP contribution >= 0.6 is 0 Å². The van der Waals surface area contributed by atoms with Gasteiger partial charge in [0.2, 0.25) is 0 Å². The van der Waals surface area contributed by atoms with E-state index in [-0.39, 0.29) is 24.1 Å². The molecule has 3 nitrogen and oxygen atoms in total. The third-order valence-electron chi connectivity index (χ3n) is 6.75. The van der Waals surface area contributed by atoms with Crippen molar-refractivity contribution in [3.05, 3.63) is 106 Å². The van der Waals surface area contributed by atoms with Gasteiger partial charge in [0.1, 0.15) is 5.82 Å². The molecular weight excluding hydrogens is 513 g/mol. The van der Waals surface area contributed by atoms with E-state index in [1.165, 1.54) is 12.1 Å². The molecule has 38 heavy (non-hydrogen) atoms. The van der Waals surface area contributed by atoms with Crippen molar-refractivity contribution in [2.24, 2.45) is 0 Å². The minimum Gasteiger partial charge on any atom is -0.335 e. The summed E-state index contributed by atoms with van der Waals surface area (Å²) in [5, 5.41) is 5.50. The van der Waals surface area contributed by atoms with E-state index in [0.29, 0.717) is 30.5 Å². The lowest BCUT2D eigenvalue weighted by molar-refractivity contribution is -0.143. The summed E-state index contributed by atoms with van der Waals surface area (Å²) in [6.45, 7) is 0. The minimum absolute atomic E-state index is 0.0417. The summed E-state index contributed by atoms with van der Waals surface area (Å²) in [4.78, 5) is 13.2. The summed E-state index contributed by atoms with van der Waals surface area (Å²) in [6, 6.07) is 13.3. The summed E-state index contributed by atoms with van der Waals surface area (Å²) in [7, 11) is 0. The van der Waals surface area contributed by atoms with Crippen LogP contribution in [0.1, 0.15) is 53.5 Å². The summed E-state index contributed by atoms with van der Waals surface area (Å²) >= 11 is 0. The van der Waals surface area contributed by atoms with Gasteiger partial charge in [0.05, 0.1) is 16.7 Å². The van der Waals surface area contributed by atoms with E-state index in [2.05, 4.69) is 10.6 Å². The van der Waals surface area contributed by atoms with Crippen molar-refractivity contribution < 1.29 is 35.5 Å². The normalized spacial score (nSPS) is 16.2. The van der Waals surface area contributed by atoms with Crippen LogP contribution in [-0.2, 0) is 24.3 Å². The maximum Gasteiger partial charge on any atom is 0.416 e. The third-order valence-corrected chi connectivity index (χ3v) is 6.75. The van der Waals surface area contributed by atoms with Crippen LogP contribution in [0.25, 0.3) is 0 Å². The number of urea groups is 1. The van der Waals surface area contributed by atoms with E-state index < -0.39 is 46.4 Å². The Labute approximate surface area is 215 Å². The Morgan fingerprint density at radius 3 is 1.79 bits per heavy atom. The van der Waals surface area contributed by atoms with E-state index in [1.807, 2.05) is 0 Å². The lowest BCUT2D eigenvalue weighted by Gasteiger charge is -2.37. The lowest BCUT2D eigenvalue weighted by atomic mass is 9.76. The van der Waals surface area contributed by atoms with E-state index >= 15 is 0 Å². The SMILES string of the molecule is O=C(NC1CCCC1)N[C@](Cc1ccccc1)(c1ccc(F)cc1)c1cc(C(F)(F)F)cc(C(F)(F)F)c1. The first-order valence-corrected chi connectivity index (χ1v) is 12.1. The van der Waals surface area contributed by atoms with Crippen molar-refractivity contribution in [1.82, 2.24) is 10.6 Å². The number of alkyl halides is 6. The fraction of sp³-hybridized carbons (Fsp3) is 0.321. The molecule has 0 saturated heterocycles. The molecule has 2 amide bonds. The molecule has 0 unspecified atom stereocenters. The molecule has 0 spiro atoms. The number of nitrogens with one attached hydrogen (secondary N) is 2. The number of hydrogen-bond acceptors (Lipinski definition) is 1. The minimum atomic E-state index is -5.09. The van der Waals surface area contributed by atoms with Gasteiger partial charge in [-0.2, -0.15) is 26.3 Å². The summed E-state index contributed by atoms with van der Waals surface area (Å²) in [5.74, 6) is -0.655. The lowest BCUT2D eigenvalue weighted by Crippen LogP contribution is -2.53. The van der Waals surface area contributed by atoms with Crippen LogP contribution in [0.5, 0.6) is 0 Å². The quantitative estimate of drug-likeness (QED) is 0.312. The topological polar surface area (TPSA) is 41.1 Å². The van der Waals surface area contributed by atoms with Gasteiger partial charge in [-0.25, -0.2) is 9.18 Å². The molecule has 3 aromatic carbocycles. The summed E-state index contributed by atoms with van der Waals surface area (Å²) in [6.07, 6.45) is -7.20. The number of carbonyl (C=O) groups excluding carboxylic acids is 1. The molecule has 10 heteroatoms. The van der Waals surface area contributed by atoms with Gasteiger partial charge in [0.25, 0.3) is 0 Å². The van der Waals surface area contributed by atoms with Gasteiger partial charge in [-0.3, -0.25) is 0 Å². The van der Waals surface area contributed by atoms with Gasteiger partial charge in [-0.05, 0) is 59.9 Å². The van der Waals surface area contributed by atoms with Gasteiger partial charge in [0.15, 0.2) is 0 Å². The van der Waals surface area contributed by atoms with Gasteiger partial charge < -0.3 is 10.6 Å². The Bertz CT molecular complexity index is 1220. The second-order valence-corrected chi connectivity index (χ2v) is 9.45. The largest absolute Gasteiger partial charge is 0.416 e. The number of amides is 2. The zero-order valence-electron chi connectivity index (χ0n) is 20.1. The molecule has 1 aliphatic rings. The van der Waals surface area contributed by atoms with Crippen molar-refractivity contribution in [1.29, 1.82) is 0 Å². The maximum absolute atomic E-state index is 13.9. The molecule has 0 radical (unpaired) electrons. The van der Waals surface area contributed by atoms with E-state index in [0.717, 1.165) is 25.0 Å². The predicted molar refractivity (Wildman–Crippen MR) is 128 cm³/mol. The first-order chi connectivity index (χ1) is 17.9. The van der Waals surface area contributed by atoms with Crippen molar-refractivity contribution in [3.63, 3.8) is 0 Å². The van der Waals surface area contributed by atoms with Crippen LogP contribution in [0, 0.1) is 5.82 Å². The number of carbonyl (C=O) groups is 1. The van der Waals surface area contributed by atoms with Gasteiger partial charge in [0, 0.05) is 12.5 Å². The second-order valence-electron chi connectivity index (χ2n) is 9.45. The van der Waals surface area contributed by atoms with E-state index in [9.17, 15) is 35.5 Å². The van der Waals surface area contributed by atoms with Crippen molar-refractivity contribution in [2.75, 3.05) is 0 Å². The highest BCUT2D eigenvalue weighted by molar-refractivity contribution is 5.76. The smallest absolute Gasteiger partial charge is 0.335 e. The van der Waals surface area contributed by atoms with Crippen molar-refractivity contribution in [3.8, 4) is 0 Å². The number of hydrogen-bond donors (Lipinski definition) is 2. The molecule has 4 rings (SSSR count). The Morgan fingerprint density at radius 1 is 0.737 bits per heavy atom. The molecule has 0 heterocycles. The van der Waals surface area contributed by atoms with Crippen molar-refractivity contribution in [2.45, 2.75) is 56.0 Å². The second kappa shape index (κ2) is 10.7. The highest BCUT2D eigenvalue weighted by Gasteiger charge is 2.43. The van der Waals surface area contributed by atoms with Crippen LogP contribution in [0.15, 0.2) is 72.8 Å². The fourth-order valence-electron chi connectivity index (χ4n) is 4.88. The molecule has 1 atom stereocenters. The first-order valence-electron chi connectivity index (χ1n) is 12.1. The zero-order chi connectivity index (χ0) is 27.6. The van der Waals surface area contributed by atoms with E-state index in [1.54, 1.807) is 30.3 Å². The Kier molecular flexibility index (Phi) is 7.71. The molecule has 202 valence electrons. The Morgan fingerprint density at radius 2 is 1.26 bits per heavy atom. The molecule has 0 aromatic heterocycles. The summed E-state index contributed by atoms with van der Waals surface area (Å²) in [5.41, 5.74) is -4.71. The number of benzene rings is 3. The highest BCUT2D eigenvalue weighted by atomic mass is 19.4. The van der Waals surface area contributed by atoms with Crippen LogP contribution in [-0.4, -0.2) is 12.1 Å². The zero-order valence-corrected chi connectivity index (χ0v) is 20.1. The fourth-order valence-corrected chi connectivity index (χ4v) is 4.88. The van der Waals surface area contributed by atoms with Crippen LogP contribution in [0.2, 0.25) is 0 Å². The van der Waals surface area contributed by atoms with Gasteiger partial charge in [-0.15, -0.1) is 0 Å². The van der Waals surface area contributed by atoms with Gasteiger partial charge in [-0.1, -0.05) is 55.3 Å². The third kappa shape index (κ3) is 6.28.